The fourth-order valence-electron chi connectivity index (χ4n) is 2.66. The van der Waals surface area contributed by atoms with Crippen molar-refractivity contribution in [1.29, 1.82) is 0 Å². The summed E-state index contributed by atoms with van der Waals surface area (Å²) in [5, 5.41) is 15.7. The van der Waals surface area contributed by atoms with Crippen molar-refractivity contribution in [2.24, 2.45) is 0 Å². The monoisotopic (exact) mass is 593 g/mol. The fraction of sp³-hybridized carbons (Fsp3) is 0.750. The highest BCUT2D eigenvalue weighted by Crippen LogP contribution is 2.62. The van der Waals surface area contributed by atoms with Crippen molar-refractivity contribution in [2.45, 2.75) is 47.9 Å². The van der Waals surface area contributed by atoms with E-state index in [-0.39, 0.29) is 7.05 Å². The van der Waals surface area contributed by atoms with E-state index in [9.17, 15) is 84.2 Å². The van der Waals surface area contributed by atoms with Gasteiger partial charge in [-0.2, -0.15) is 99.2 Å². The highest BCUT2D eigenvalue weighted by Gasteiger charge is 2.89. The third kappa shape index (κ3) is 4.74. The Balaban J connectivity index is 4.68. The average Bonchev–Trinajstić information content (AvgIpc) is 2.53. The van der Waals surface area contributed by atoms with E-state index in [1.165, 1.54) is 0 Å². The van der Waals surface area contributed by atoms with Crippen LogP contribution in [-0.2, 0) is 10.8 Å². The lowest BCUT2D eigenvalue weighted by atomic mass is 9.82. The van der Waals surface area contributed by atoms with E-state index in [0.717, 1.165) is 4.98 Å². The number of nitrogens with zero attached hydrogens (tertiary/aromatic N) is 4. The van der Waals surface area contributed by atoms with Crippen LogP contribution in [0.4, 0.5) is 85.0 Å². The van der Waals surface area contributed by atoms with Crippen molar-refractivity contribution in [2.75, 3.05) is 12.1 Å². The molecular formula is C12H5F18N5O2. The van der Waals surface area contributed by atoms with Crippen LogP contribution in [0.1, 0.15) is 11.6 Å². The fourth-order valence-corrected chi connectivity index (χ4v) is 2.66. The number of aromatic nitrogens is 3. The van der Waals surface area contributed by atoms with Crippen molar-refractivity contribution < 1.29 is 89.6 Å². The van der Waals surface area contributed by atoms with Gasteiger partial charge < -0.3 is 5.21 Å². The molecule has 0 spiro atoms. The molecule has 0 radical (unpaired) electrons. The molecule has 0 saturated carbocycles. The molecule has 2 N–H and O–H groups in total. The summed E-state index contributed by atoms with van der Waals surface area (Å²) in [5.74, 6) is -11.2. The summed E-state index contributed by atoms with van der Waals surface area (Å²) in [7, 11) is -0.169. The molecule has 216 valence electrons. The predicted molar refractivity (Wildman–Crippen MR) is 74.0 cm³/mol. The highest BCUT2D eigenvalue weighted by atomic mass is 19.4. The maximum atomic E-state index is 13.3. The molecule has 0 aromatic carbocycles. The number of halogens is 18. The van der Waals surface area contributed by atoms with E-state index < -0.39 is 75.8 Å². The van der Waals surface area contributed by atoms with E-state index in [1.54, 1.807) is 9.97 Å². The Morgan fingerprint density at radius 2 is 0.757 bits per heavy atom. The van der Waals surface area contributed by atoms with Gasteiger partial charge in [-0.1, -0.05) is 0 Å². The van der Waals surface area contributed by atoms with Crippen LogP contribution < -0.4 is 10.3 Å². The zero-order valence-corrected chi connectivity index (χ0v) is 16.4. The lowest BCUT2D eigenvalue weighted by molar-refractivity contribution is -1.05. The molecule has 25 heteroatoms. The lowest BCUT2D eigenvalue weighted by Crippen LogP contribution is -3.12. The number of anilines is 1. The summed E-state index contributed by atoms with van der Waals surface area (Å²) < 4.78 is 240. The van der Waals surface area contributed by atoms with Gasteiger partial charge in [0.1, 0.15) is 0 Å². The minimum Gasteiger partial charge on any atom is -0.574 e. The second kappa shape index (κ2) is 8.74. The summed E-state index contributed by atoms with van der Waals surface area (Å²) in [4.78, 5) is 4.65. The van der Waals surface area contributed by atoms with Crippen LogP contribution in [0.2, 0.25) is 0 Å². The Labute approximate surface area is 188 Å². The average molecular weight is 593 g/mol. The number of nitrogens with one attached hydrogen (secondary N) is 1. The van der Waals surface area contributed by atoms with Gasteiger partial charge in [0.2, 0.25) is 0 Å². The zero-order valence-electron chi connectivity index (χ0n) is 16.4. The first-order chi connectivity index (χ1) is 15.9. The Kier molecular flexibility index (Phi) is 7.67. The number of quaternary nitrogens is 1. The molecule has 1 rings (SSSR count). The highest BCUT2D eigenvalue weighted by molar-refractivity contribution is 5.34. The zero-order chi connectivity index (χ0) is 30.0. The molecule has 0 amide bonds. The van der Waals surface area contributed by atoms with Crippen LogP contribution >= 0.6 is 0 Å². The van der Waals surface area contributed by atoms with Crippen molar-refractivity contribution in [3.63, 3.8) is 0 Å². The minimum absolute atomic E-state index is 0.169. The Morgan fingerprint density at radius 1 is 0.541 bits per heavy atom. The Morgan fingerprint density at radius 3 is 0.919 bits per heavy atom. The molecular weight excluding hydrogens is 588 g/mol. The van der Waals surface area contributed by atoms with Gasteiger partial charge in [0, 0.05) is 0 Å². The lowest BCUT2D eigenvalue weighted by Gasteiger charge is -2.39. The summed E-state index contributed by atoms with van der Waals surface area (Å²) in [6.07, 6.45) is -47.1. The molecule has 1 unspecified atom stereocenters. The molecule has 1 aromatic rings. The largest absolute Gasteiger partial charge is 0.574 e. The Bertz CT molecular complexity index is 832. The molecule has 7 nitrogen and oxygen atoms in total. The molecule has 0 saturated heterocycles. The second-order valence-electron chi connectivity index (χ2n) is 6.61. The third-order valence-electron chi connectivity index (χ3n) is 4.43. The van der Waals surface area contributed by atoms with E-state index >= 15 is 0 Å². The van der Waals surface area contributed by atoms with Gasteiger partial charge >= 0.3 is 47.9 Å². The van der Waals surface area contributed by atoms with Crippen LogP contribution in [0.3, 0.4) is 0 Å². The van der Waals surface area contributed by atoms with Gasteiger partial charge in [0.15, 0.2) is 11.6 Å². The van der Waals surface area contributed by atoms with Crippen molar-refractivity contribution in [1.82, 2.24) is 15.0 Å². The van der Waals surface area contributed by atoms with Gasteiger partial charge in [0.05, 0.1) is 7.05 Å². The van der Waals surface area contributed by atoms with Crippen LogP contribution in [-0.4, -0.2) is 64.3 Å². The van der Waals surface area contributed by atoms with Gasteiger partial charge in [-0.3, -0.25) is 0 Å². The molecule has 0 aliphatic heterocycles. The molecule has 0 aliphatic carbocycles. The van der Waals surface area contributed by atoms with Gasteiger partial charge in [-0.05, 0) is 0 Å². The van der Waals surface area contributed by atoms with Crippen LogP contribution in [0.5, 0.6) is 0 Å². The molecule has 0 aliphatic rings. The Hall–Kier alpha value is -2.57. The van der Waals surface area contributed by atoms with Crippen molar-refractivity contribution in [3.05, 3.63) is 16.9 Å². The number of rotatable bonds is 4. The summed E-state index contributed by atoms with van der Waals surface area (Å²) >= 11 is 0. The summed E-state index contributed by atoms with van der Waals surface area (Å²) in [6, 6.07) is 0. The molecule has 1 atom stereocenters. The summed E-state index contributed by atoms with van der Waals surface area (Å²) in [6.45, 7) is 0. The van der Waals surface area contributed by atoms with E-state index in [0.29, 0.717) is 0 Å². The molecule has 1 heterocycles. The molecule has 1 aromatic heterocycles. The number of alkyl halides is 18. The molecule has 37 heavy (non-hydrogen) atoms. The first-order valence-corrected chi connectivity index (χ1v) is 8.07. The van der Waals surface area contributed by atoms with E-state index in [2.05, 4.69) is 0 Å². The summed E-state index contributed by atoms with van der Waals surface area (Å²) in [5.41, 5.74) is -15.3. The first kappa shape index (κ1) is 32.5. The van der Waals surface area contributed by atoms with Gasteiger partial charge in [-0.15, -0.1) is 5.34 Å². The standard InChI is InChI=1S/C12H5F18N5O2/c1-34(35(36)37)4-32-2(5(7(13,14)15,8(16,17)18)9(19,20)21)31-3(33-4)6(10(22,23)24,11(25,26)27)12(28,29)30/h35-36H,1H3. The predicted octanol–water partition coefficient (Wildman–Crippen LogP) is 3.84. The third-order valence-corrected chi connectivity index (χ3v) is 4.43. The molecule has 0 bridgehead atoms. The molecule has 0 fully saturated rings. The smallest absolute Gasteiger partial charge is 0.419 e. The second-order valence-corrected chi connectivity index (χ2v) is 6.61. The van der Waals surface area contributed by atoms with Gasteiger partial charge in [0.25, 0.3) is 5.95 Å². The normalized spacial score (nSPS) is 16.1. The van der Waals surface area contributed by atoms with Crippen LogP contribution in [0, 0.1) is 5.21 Å². The number of hydrogen-bond donors (Lipinski definition) is 2. The SMILES string of the molecule is CN(c1nc(C(C(F)(F)F)(C(F)(F)F)C(F)(F)F)nc(C(C(F)(F)F)(C(F)(F)F)C(F)(F)F)n1)[NH+]([O-])O. The first-order valence-electron chi connectivity index (χ1n) is 8.07. The topological polar surface area (TPSA) is 89.6 Å². The van der Waals surface area contributed by atoms with E-state index in [4.69, 9.17) is 5.21 Å². The maximum absolute atomic E-state index is 13.3. The van der Waals surface area contributed by atoms with Crippen molar-refractivity contribution >= 4 is 5.95 Å². The van der Waals surface area contributed by atoms with Crippen molar-refractivity contribution in [3.8, 4) is 0 Å². The van der Waals surface area contributed by atoms with Gasteiger partial charge in [-0.25, -0.2) is 4.98 Å². The van der Waals surface area contributed by atoms with Crippen LogP contribution in [0.25, 0.3) is 0 Å². The minimum atomic E-state index is -7.85. The van der Waals surface area contributed by atoms with Crippen LogP contribution in [0.15, 0.2) is 0 Å². The number of hydrogen-bond acceptors (Lipinski definition) is 6. The quantitative estimate of drug-likeness (QED) is 0.408. The van der Waals surface area contributed by atoms with E-state index in [1.807, 2.05) is 0 Å². The maximum Gasteiger partial charge on any atom is 0.419 e.